The molecule has 0 saturated heterocycles. The molecule has 27 heavy (non-hydrogen) atoms. The molecule has 146 valence electrons. The molecule has 0 radical (unpaired) electrons. The summed E-state index contributed by atoms with van der Waals surface area (Å²) in [6, 6.07) is 9.53. The number of hydrogen-bond donors (Lipinski definition) is 2. The van der Waals surface area contributed by atoms with Crippen molar-refractivity contribution in [3.05, 3.63) is 40.1 Å². The standard InChI is InChI=1S/C21H27NO4S/c1-21(22,15-23)10-9-20-8-7-19(27-20)6-4-5-11-26-18-13-16(24-2)12-17(14-18)25-3/h7-8,12-14,23H,5,9-11,15,22H2,1-3H3. The van der Waals surface area contributed by atoms with Crippen molar-refractivity contribution in [3.63, 3.8) is 0 Å². The molecule has 0 aliphatic carbocycles. The van der Waals surface area contributed by atoms with Gasteiger partial charge in [-0.15, -0.1) is 11.3 Å². The third-order valence-corrected chi connectivity index (χ3v) is 5.06. The number of methoxy groups -OCH3 is 2. The molecule has 1 atom stereocenters. The van der Waals surface area contributed by atoms with E-state index >= 15 is 0 Å². The van der Waals surface area contributed by atoms with Crippen LogP contribution in [0.3, 0.4) is 0 Å². The van der Waals surface area contributed by atoms with Gasteiger partial charge in [0.05, 0.1) is 32.3 Å². The maximum Gasteiger partial charge on any atom is 0.126 e. The van der Waals surface area contributed by atoms with Gasteiger partial charge in [-0.05, 0) is 31.9 Å². The number of hydrogen-bond acceptors (Lipinski definition) is 6. The fraction of sp³-hybridized carbons (Fsp3) is 0.429. The third kappa shape index (κ3) is 7.14. The topological polar surface area (TPSA) is 73.9 Å². The number of nitrogens with two attached hydrogens (primary N) is 1. The normalized spacial score (nSPS) is 12.6. The van der Waals surface area contributed by atoms with Gasteiger partial charge in [0.15, 0.2) is 0 Å². The molecule has 0 saturated carbocycles. The van der Waals surface area contributed by atoms with Crippen LogP contribution in [0.1, 0.15) is 29.5 Å². The van der Waals surface area contributed by atoms with E-state index < -0.39 is 5.54 Å². The summed E-state index contributed by atoms with van der Waals surface area (Å²) >= 11 is 1.66. The lowest BCUT2D eigenvalue weighted by Gasteiger charge is -2.20. The molecule has 3 N–H and O–H groups in total. The predicted octanol–water partition coefficient (Wildman–Crippen LogP) is 3.23. The number of aliphatic hydroxyl groups is 1. The van der Waals surface area contributed by atoms with E-state index in [1.165, 1.54) is 4.88 Å². The van der Waals surface area contributed by atoms with Gasteiger partial charge in [0.1, 0.15) is 17.2 Å². The van der Waals surface area contributed by atoms with E-state index in [-0.39, 0.29) is 6.61 Å². The van der Waals surface area contributed by atoms with Crippen molar-refractivity contribution in [2.75, 3.05) is 27.4 Å². The zero-order valence-electron chi connectivity index (χ0n) is 16.1. The number of rotatable bonds is 9. The third-order valence-electron chi connectivity index (χ3n) is 4.00. The predicted molar refractivity (Wildman–Crippen MR) is 109 cm³/mol. The number of aryl methyl sites for hydroxylation is 1. The minimum Gasteiger partial charge on any atom is -0.496 e. The molecular formula is C21H27NO4S. The molecule has 0 fully saturated rings. The first-order chi connectivity index (χ1) is 13.0. The van der Waals surface area contributed by atoms with Gasteiger partial charge in [0.2, 0.25) is 0 Å². The lowest BCUT2D eigenvalue weighted by molar-refractivity contribution is 0.201. The summed E-state index contributed by atoms with van der Waals surface area (Å²) in [6.45, 7) is 2.34. The summed E-state index contributed by atoms with van der Waals surface area (Å²) in [7, 11) is 3.22. The fourth-order valence-electron chi connectivity index (χ4n) is 2.30. The van der Waals surface area contributed by atoms with Crippen LogP contribution in [0.2, 0.25) is 0 Å². The molecule has 2 rings (SSSR count). The van der Waals surface area contributed by atoms with Crippen molar-refractivity contribution in [2.24, 2.45) is 5.73 Å². The monoisotopic (exact) mass is 389 g/mol. The Hall–Kier alpha value is -2.20. The molecule has 0 aliphatic heterocycles. The summed E-state index contributed by atoms with van der Waals surface area (Å²) < 4.78 is 16.2. The molecule has 1 heterocycles. The molecule has 0 aliphatic rings. The van der Waals surface area contributed by atoms with Gasteiger partial charge in [-0.25, -0.2) is 0 Å². The number of thiophene rings is 1. The zero-order chi connectivity index (χ0) is 19.7. The lowest BCUT2D eigenvalue weighted by atomic mass is 9.98. The minimum absolute atomic E-state index is 0.00972. The van der Waals surface area contributed by atoms with E-state index in [0.29, 0.717) is 30.3 Å². The first-order valence-electron chi connectivity index (χ1n) is 8.79. The van der Waals surface area contributed by atoms with Crippen LogP contribution in [0.4, 0.5) is 0 Å². The molecule has 0 amide bonds. The van der Waals surface area contributed by atoms with Gasteiger partial charge in [-0.1, -0.05) is 11.8 Å². The summed E-state index contributed by atoms with van der Waals surface area (Å²) in [6.07, 6.45) is 2.22. The number of aliphatic hydroxyl groups excluding tert-OH is 1. The highest BCUT2D eigenvalue weighted by Crippen LogP contribution is 2.27. The highest BCUT2D eigenvalue weighted by atomic mass is 32.1. The van der Waals surface area contributed by atoms with Crippen molar-refractivity contribution in [1.29, 1.82) is 0 Å². The second-order valence-corrected chi connectivity index (χ2v) is 7.70. The first kappa shape index (κ1) is 21.1. The smallest absolute Gasteiger partial charge is 0.126 e. The average molecular weight is 390 g/mol. The molecule has 1 unspecified atom stereocenters. The largest absolute Gasteiger partial charge is 0.496 e. The van der Waals surface area contributed by atoms with E-state index in [9.17, 15) is 5.11 Å². The van der Waals surface area contributed by atoms with Crippen LogP contribution >= 0.6 is 11.3 Å². The van der Waals surface area contributed by atoms with Crippen LogP contribution in [0.5, 0.6) is 17.2 Å². The maximum atomic E-state index is 9.22. The minimum atomic E-state index is -0.532. The Labute approximate surface area is 165 Å². The lowest BCUT2D eigenvalue weighted by Crippen LogP contribution is -2.40. The van der Waals surface area contributed by atoms with Crippen molar-refractivity contribution in [2.45, 2.75) is 31.7 Å². The van der Waals surface area contributed by atoms with Crippen LogP contribution in [-0.4, -0.2) is 38.1 Å². The van der Waals surface area contributed by atoms with E-state index in [1.807, 2.05) is 25.1 Å². The first-order valence-corrected chi connectivity index (χ1v) is 9.60. The Kier molecular flexibility index (Phi) is 7.99. The van der Waals surface area contributed by atoms with Gasteiger partial charge < -0.3 is 25.1 Å². The summed E-state index contributed by atoms with van der Waals surface area (Å²) in [4.78, 5) is 2.25. The van der Waals surface area contributed by atoms with Crippen molar-refractivity contribution in [1.82, 2.24) is 0 Å². The summed E-state index contributed by atoms with van der Waals surface area (Å²) in [5, 5.41) is 9.22. The summed E-state index contributed by atoms with van der Waals surface area (Å²) in [5.74, 6) is 8.38. The molecule has 1 aromatic heterocycles. The Balaban J connectivity index is 1.81. The SMILES string of the molecule is COc1cc(OC)cc(OCCC#Cc2ccc(CCC(C)(N)CO)s2)c1. The number of ether oxygens (including phenoxy) is 3. The van der Waals surface area contributed by atoms with Crippen molar-refractivity contribution < 1.29 is 19.3 Å². The zero-order valence-corrected chi connectivity index (χ0v) is 16.9. The van der Waals surface area contributed by atoms with Gasteiger partial charge in [-0.2, -0.15) is 0 Å². The molecule has 1 aromatic carbocycles. The fourth-order valence-corrected chi connectivity index (χ4v) is 3.18. The second kappa shape index (κ2) is 10.2. The van der Waals surface area contributed by atoms with Gasteiger partial charge in [-0.3, -0.25) is 0 Å². The van der Waals surface area contributed by atoms with Crippen LogP contribution in [-0.2, 0) is 6.42 Å². The molecule has 0 bridgehead atoms. The van der Waals surface area contributed by atoms with Crippen LogP contribution < -0.4 is 19.9 Å². The van der Waals surface area contributed by atoms with Crippen LogP contribution in [0.25, 0.3) is 0 Å². The van der Waals surface area contributed by atoms with Crippen LogP contribution in [0, 0.1) is 11.8 Å². The van der Waals surface area contributed by atoms with Crippen molar-refractivity contribution in [3.8, 4) is 29.1 Å². The maximum absolute atomic E-state index is 9.22. The molecule has 5 nitrogen and oxygen atoms in total. The highest BCUT2D eigenvalue weighted by molar-refractivity contribution is 7.12. The highest BCUT2D eigenvalue weighted by Gasteiger charge is 2.16. The summed E-state index contributed by atoms with van der Waals surface area (Å²) in [5.41, 5.74) is 5.43. The molecular weight excluding hydrogens is 362 g/mol. The van der Waals surface area contributed by atoms with E-state index in [1.54, 1.807) is 31.6 Å². The Bertz CT molecular complexity index is 767. The van der Waals surface area contributed by atoms with Gasteiger partial charge in [0.25, 0.3) is 0 Å². The number of benzene rings is 1. The van der Waals surface area contributed by atoms with E-state index in [4.69, 9.17) is 19.9 Å². The Morgan fingerprint density at radius 1 is 1.11 bits per heavy atom. The van der Waals surface area contributed by atoms with E-state index in [2.05, 4.69) is 17.9 Å². The second-order valence-electron chi connectivity index (χ2n) is 6.53. The molecule has 0 spiro atoms. The van der Waals surface area contributed by atoms with Gasteiger partial charge >= 0.3 is 0 Å². The Morgan fingerprint density at radius 3 is 2.41 bits per heavy atom. The van der Waals surface area contributed by atoms with E-state index in [0.717, 1.165) is 17.7 Å². The molecule has 2 aromatic rings. The average Bonchev–Trinajstić information content (AvgIpc) is 3.13. The quantitative estimate of drug-likeness (QED) is 0.509. The van der Waals surface area contributed by atoms with Crippen molar-refractivity contribution >= 4 is 11.3 Å². The van der Waals surface area contributed by atoms with Crippen LogP contribution in [0.15, 0.2) is 30.3 Å². The Morgan fingerprint density at radius 2 is 1.78 bits per heavy atom. The molecule has 6 heteroatoms. The van der Waals surface area contributed by atoms with Gasteiger partial charge in [0, 0.05) is 35.0 Å².